The molecule has 0 aromatic heterocycles. The highest BCUT2D eigenvalue weighted by Gasteiger charge is 2.20. The number of fused-ring (bicyclic) bond motifs is 1. The number of carbonyl (C=O) groups is 1. The lowest BCUT2D eigenvalue weighted by Gasteiger charge is -2.27. The van der Waals surface area contributed by atoms with Crippen LogP contribution in [0.2, 0.25) is 10.0 Å². The van der Waals surface area contributed by atoms with Crippen LogP contribution in [-0.4, -0.2) is 19.1 Å². The molecule has 1 aliphatic rings. The topological polar surface area (TPSA) is 29.5 Å². The van der Waals surface area contributed by atoms with Crippen molar-refractivity contribution in [2.24, 2.45) is 0 Å². The van der Waals surface area contributed by atoms with E-state index in [1.165, 1.54) is 5.56 Å². The fourth-order valence-corrected chi connectivity index (χ4v) is 4.41. The summed E-state index contributed by atoms with van der Waals surface area (Å²) < 4.78 is 5.15. The molecular formula is C25H23Cl2NO2. The van der Waals surface area contributed by atoms with E-state index in [1.807, 2.05) is 37.3 Å². The van der Waals surface area contributed by atoms with Crippen LogP contribution in [0.5, 0.6) is 0 Å². The van der Waals surface area contributed by atoms with E-state index in [-0.39, 0.29) is 5.97 Å². The predicted molar refractivity (Wildman–Crippen MR) is 124 cm³/mol. The first-order valence-corrected chi connectivity index (χ1v) is 11.0. The molecule has 0 fully saturated rings. The SMILES string of the molecule is CCOC(=O)c1cccc(-c2ccc3c(c2)N(c2ccc(Cl)cc2Cl)CCCC3)c1. The van der Waals surface area contributed by atoms with Gasteiger partial charge in [0, 0.05) is 17.3 Å². The molecule has 4 rings (SSSR count). The van der Waals surface area contributed by atoms with Gasteiger partial charge in [0.05, 0.1) is 22.9 Å². The molecule has 3 aromatic rings. The summed E-state index contributed by atoms with van der Waals surface area (Å²) in [5, 5.41) is 1.27. The van der Waals surface area contributed by atoms with Gasteiger partial charge in [-0.2, -0.15) is 0 Å². The molecule has 0 saturated heterocycles. The van der Waals surface area contributed by atoms with E-state index in [0.29, 0.717) is 22.2 Å². The number of esters is 1. The molecule has 0 N–H and O–H groups in total. The molecule has 154 valence electrons. The van der Waals surface area contributed by atoms with Crippen molar-refractivity contribution in [1.29, 1.82) is 0 Å². The second-order valence-corrected chi connectivity index (χ2v) is 8.19. The summed E-state index contributed by atoms with van der Waals surface area (Å²) in [6, 6.07) is 19.7. The van der Waals surface area contributed by atoms with Gasteiger partial charge in [-0.05, 0) is 79.3 Å². The van der Waals surface area contributed by atoms with E-state index in [9.17, 15) is 4.79 Å². The van der Waals surface area contributed by atoms with Crippen LogP contribution < -0.4 is 4.90 Å². The van der Waals surface area contributed by atoms with Crippen molar-refractivity contribution in [2.45, 2.75) is 26.2 Å². The van der Waals surface area contributed by atoms with Crippen molar-refractivity contribution in [3.8, 4) is 11.1 Å². The second-order valence-electron chi connectivity index (χ2n) is 7.35. The maximum absolute atomic E-state index is 12.2. The molecule has 0 atom stereocenters. The van der Waals surface area contributed by atoms with Crippen molar-refractivity contribution in [3.05, 3.63) is 81.8 Å². The van der Waals surface area contributed by atoms with E-state index in [1.54, 1.807) is 12.1 Å². The Kier molecular flexibility index (Phi) is 6.31. The molecule has 0 amide bonds. The summed E-state index contributed by atoms with van der Waals surface area (Å²) in [6.45, 7) is 3.06. The van der Waals surface area contributed by atoms with E-state index in [2.05, 4.69) is 23.1 Å². The molecule has 0 saturated carbocycles. The number of hydrogen-bond acceptors (Lipinski definition) is 3. The Bertz CT molecular complexity index is 1080. The first-order chi connectivity index (χ1) is 14.6. The van der Waals surface area contributed by atoms with Crippen LogP contribution in [0, 0.1) is 0 Å². The Hall–Kier alpha value is -2.49. The van der Waals surface area contributed by atoms with Gasteiger partial charge in [0.15, 0.2) is 0 Å². The quantitative estimate of drug-likeness (QED) is 0.399. The van der Waals surface area contributed by atoms with Gasteiger partial charge in [-0.1, -0.05) is 47.5 Å². The predicted octanol–water partition coefficient (Wildman–Crippen LogP) is 7.31. The lowest BCUT2D eigenvalue weighted by Crippen LogP contribution is -2.18. The monoisotopic (exact) mass is 439 g/mol. The standard InChI is InChI=1S/C25H23Cl2NO2/c1-2-30-25(29)20-8-5-7-18(14-20)19-10-9-17-6-3-4-13-28(24(17)15-19)23-12-11-21(26)16-22(23)27/h5,7-12,14-16H,2-4,6,13H2,1H3. The van der Waals surface area contributed by atoms with E-state index < -0.39 is 0 Å². The van der Waals surface area contributed by atoms with E-state index in [0.717, 1.165) is 48.3 Å². The maximum Gasteiger partial charge on any atom is 0.338 e. The van der Waals surface area contributed by atoms with Gasteiger partial charge >= 0.3 is 5.97 Å². The number of benzene rings is 3. The summed E-state index contributed by atoms with van der Waals surface area (Å²) in [4.78, 5) is 14.4. The highest BCUT2D eigenvalue weighted by molar-refractivity contribution is 6.36. The fraction of sp³-hybridized carbons (Fsp3) is 0.240. The highest BCUT2D eigenvalue weighted by atomic mass is 35.5. The minimum Gasteiger partial charge on any atom is -0.462 e. The molecule has 3 nitrogen and oxygen atoms in total. The van der Waals surface area contributed by atoms with Crippen LogP contribution in [0.15, 0.2) is 60.7 Å². The molecular weight excluding hydrogens is 417 g/mol. The molecule has 0 aliphatic carbocycles. The van der Waals surface area contributed by atoms with Gasteiger partial charge in [0.1, 0.15) is 0 Å². The van der Waals surface area contributed by atoms with Gasteiger partial charge in [0.2, 0.25) is 0 Å². The zero-order valence-electron chi connectivity index (χ0n) is 16.8. The number of ether oxygens (including phenoxy) is 1. The number of anilines is 2. The third-order valence-electron chi connectivity index (χ3n) is 5.36. The normalized spacial score (nSPS) is 13.5. The Morgan fingerprint density at radius 3 is 2.60 bits per heavy atom. The third-order valence-corrected chi connectivity index (χ3v) is 5.90. The first kappa shape index (κ1) is 20.8. The molecule has 1 heterocycles. The lowest BCUT2D eigenvalue weighted by atomic mass is 9.98. The Balaban J connectivity index is 1.77. The van der Waals surface area contributed by atoms with Gasteiger partial charge in [-0.15, -0.1) is 0 Å². The minimum atomic E-state index is -0.302. The maximum atomic E-state index is 12.2. The molecule has 0 bridgehead atoms. The summed E-state index contributed by atoms with van der Waals surface area (Å²) in [7, 11) is 0. The van der Waals surface area contributed by atoms with Gasteiger partial charge in [-0.25, -0.2) is 4.79 Å². The Morgan fingerprint density at radius 2 is 1.80 bits per heavy atom. The molecule has 0 radical (unpaired) electrons. The Labute approximate surface area is 187 Å². The molecule has 5 heteroatoms. The minimum absolute atomic E-state index is 0.302. The number of aryl methyl sites for hydroxylation is 1. The number of carbonyl (C=O) groups excluding carboxylic acids is 1. The van der Waals surface area contributed by atoms with Crippen LogP contribution in [0.1, 0.15) is 35.7 Å². The first-order valence-electron chi connectivity index (χ1n) is 10.2. The Morgan fingerprint density at radius 1 is 0.967 bits per heavy atom. The zero-order chi connectivity index (χ0) is 21.1. The van der Waals surface area contributed by atoms with Crippen LogP contribution in [0.4, 0.5) is 11.4 Å². The average Bonchev–Trinajstić information content (AvgIpc) is 2.96. The molecule has 3 aromatic carbocycles. The summed E-state index contributed by atoms with van der Waals surface area (Å²) >= 11 is 12.7. The summed E-state index contributed by atoms with van der Waals surface area (Å²) in [5.41, 5.74) is 6.00. The average molecular weight is 440 g/mol. The molecule has 0 spiro atoms. The van der Waals surface area contributed by atoms with Gasteiger partial charge in [-0.3, -0.25) is 0 Å². The van der Waals surface area contributed by atoms with Crippen molar-refractivity contribution in [3.63, 3.8) is 0 Å². The van der Waals surface area contributed by atoms with Gasteiger partial charge < -0.3 is 9.64 Å². The number of rotatable bonds is 4. The zero-order valence-corrected chi connectivity index (χ0v) is 18.3. The van der Waals surface area contributed by atoms with Crippen LogP contribution in [-0.2, 0) is 11.2 Å². The van der Waals surface area contributed by atoms with Crippen LogP contribution in [0.25, 0.3) is 11.1 Å². The summed E-state index contributed by atoms with van der Waals surface area (Å²) in [5.74, 6) is -0.302. The van der Waals surface area contributed by atoms with E-state index in [4.69, 9.17) is 27.9 Å². The lowest BCUT2D eigenvalue weighted by molar-refractivity contribution is 0.0526. The summed E-state index contributed by atoms with van der Waals surface area (Å²) in [6.07, 6.45) is 3.24. The largest absolute Gasteiger partial charge is 0.462 e. The second kappa shape index (κ2) is 9.11. The van der Waals surface area contributed by atoms with Crippen LogP contribution >= 0.6 is 23.2 Å². The molecule has 0 unspecified atom stereocenters. The smallest absolute Gasteiger partial charge is 0.338 e. The molecule has 1 aliphatic heterocycles. The van der Waals surface area contributed by atoms with Gasteiger partial charge in [0.25, 0.3) is 0 Å². The van der Waals surface area contributed by atoms with Crippen LogP contribution in [0.3, 0.4) is 0 Å². The van der Waals surface area contributed by atoms with Crippen molar-refractivity contribution < 1.29 is 9.53 Å². The fourth-order valence-electron chi connectivity index (χ4n) is 3.90. The third kappa shape index (κ3) is 4.33. The number of nitrogens with zero attached hydrogens (tertiary/aromatic N) is 1. The van der Waals surface area contributed by atoms with E-state index >= 15 is 0 Å². The highest BCUT2D eigenvalue weighted by Crippen LogP contribution is 2.39. The van der Waals surface area contributed by atoms with Crippen molar-refractivity contribution >= 4 is 40.5 Å². The number of hydrogen-bond donors (Lipinski definition) is 0. The molecule has 30 heavy (non-hydrogen) atoms. The van der Waals surface area contributed by atoms with Crippen molar-refractivity contribution in [2.75, 3.05) is 18.1 Å². The number of halogens is 2. The van der Waals surface area contributed by atoms with Crippen molar-refractivity contribution in [1.82, 2.24) is 0 Å².